The number of H-pyrrole nitrogens is 1. The van der Waals surface area contributed by atoms with E-state index in [1.165, 1.54) is 17.4 Å². The monoisotopic (exact) mass is 1720 g/mol. The van der Waals surface area contributed by atoms with Crippen molar-refractivity contribution < 1.29 is 110 Å². The molecule has 0 radical (unpaired) electrons. The van der Waals surface area contributed by atoms with Gasteiger partial charge in [-0.15, -0.1) is 0 Å². The molecule has 1 aromatic carbocycles. The third-order valence-corrected chi connectivity index (χ3v) is 23.4. The van der Waals surface area contributed by atoms with E-state index in [0.29, 0.717) is 148 Å². The van der Waals surface area contributed by atoms with Gasteiger partial charge in [0.15, 0.2) is 5.78 Å². The van der Waals surface area contributed by atoms with Crippen molar-refractivity contribution in [2.75, 3.05) is 131 Å². The summed E-state index contributed by atoms with van der Waals surface area (Å²) < 4.78 is 44.9. The van der Waals surface area contributed by atoms with Crippen LogP contribution in [0.5, 0.6) is 0 Å². The zero-order valence-corrected chi connectivity index (χ0v) is 70.9. The molecule has 121 heavy (non-hydrogen) atoms. The molecule has 5 heterocycles. The minimum absolute atomic E-state index is 0.0257. The Morgan fingerprint density at radius 2 is 1.17 bits per heavy atom. The maximum Gasteiger partial charge on any atom is 0.315 e. The number of benzene rings is 1. The number of aliphatic carboxylic acids is 1. The van der Waals surface area contributed by atoms with E-state index in [1.54, 1.807) is 20.8 Å². The fourth-order valence-electron chi connectivity index (χ4n) is 14.8. The van der Waals surface area contributed by atoms with Gasteiger partial charge in [0.2, 0.25) is 59.1 Å². The Morgan fingerprint density at radius 1 is 0.562 bits per heavy atom. The van der Waals surface area contributed by atoms with Gasteiger partial charge in [-0.05, 0) is 120 Å². The average Bonchev–Trinajstić information content (AvgIpc) is 1.66. The number of hydrogen-bond donors (Lipinski definition) is 13. The predicted octanol–water partition coefficient (Wildman–Crippen LogP) is 0.920. The van der Waals surface area contributed by atoms with E-state index in [0.717, 1.165) is 30.6 Å². The highest BCUT2D eigenvalue weighted by atomic mass is 32.2. The lowest BCUT2D eigenvalue weighted by molar-refractivity contribution is -0.142. The Morgan fingerprint density at radius 3 is 1.78 bits per heavy atom. The number of carboxylic acid groups (broad SMARTS) is 1. The number of carboxylic acids is 1. The lowest BCUT2D eigenvalue weighted by Gasteiger charge is -2.30. The number of urea groups is 1. The van der Waals surface area contributed by atoms with Crippen LogP contribution in [0.25, 0.3) is 0 Å². The largest absolute Gasteiger partial charge is 0.481 e. The first-order valence-corrected chi connectivity index (χ1v) is 44.1. The number of amides is 12. The Kier molecular flexibility index (Phi) is 43.6. The molecule has 2 aliphatic carbocycles. The maximum absolute atomic E-state index is 15.0. The first-order chi connectivity index (χ1) is 58.5. The van der Waals surface area contributed by atoms with Gasteiger partial charge in [-0.2, -0.15) is 11.8 Å². The number of carbonyl (C=O) groups excluding carboxylic acids is 13. The number of aromatic nitrogens is 2. The summed E-state index contributed by atoms with van der Waals surface area (Å²) >= 11 is 1.89. The third-order valence-electron chi connectivity index (χ3n) is 21.9. The molecule has 0 bridgehead atoms. The Hall–Kier alpha value is -8.76. The Bertz CT molecular complexity index is 3620. The number of ether oxygens (including phenoxy) is 8. The van der Waals surface area contributed by atoms with Gasteiger partial charge in [0.25, 0.3) is 0 Å². The molecule has 6 fully saturated rings. The fourth-order valence-corrected chi connectivity index (χ4v) is 16.4. The van der Waals surface area contributed by atoms with Crippen LogP contribution in [-0.2, 0) is 113 Å². The third kappa shape index (κ3) is 35.9. The SMILES string of the molecule is CC[C@@H]1NC(=O)[C@H](CCC(=O)O)NC(=O)CNC(=O)[C@H](C(C)C)NC(=O)[C@H](Cc2cnc[nH]2)NC(=O)[C@H](C2CC2)NC(=O)[C@H]2CCCN2C(=O)[C@@H](NC(=O)CCOCCOCCOCCOCCOCCOCCOCCOCCCC(=O)CCCC[C@@H]2SC[C@@H]3NC(=O)N[C@@H]32)CCCNC(=O)[C@H](CCc2ccccc2)NC(=O)[C@H](C2CC2)CC1=O. The van der Waals surface area contributed by atoms with Crippen LogP contribution in [0.3, 0.4) is 0 Å². The topological polar surface area (TPSA) is 497 Å². The average molecular weight is 1720 g/mol. The fraction of sp³-hybridized carbons (Fsp3) is 0.723. The van der Waals surface area contributed by atoms with E-state index < -0.39 is 150 Å². The lowest BCUT2D eigenvalue weighted by Crippen LogP contribution is -2.60. The normalized spacial score (nSPS) is 24.9. The molecule has 2 aromatic rings. The van der Waals surface area contributed by atoms with Crippen molar-refractivity contribution in [2.24, 2.45) is 23.7 Å². The molecule has 674 valence electrons. The predicted molar refractivity (Wildman–Crippen MR) is 440 cm³/mol. The molecule has 8 rings (SSSR count). The number of carbonyl (C=O) groups is 14. The van der Waals surface area contributed by atoms with Crippen molar-refractivity contribution in [3.8, 4) is 0 Å². The standard InChI is InChI=1S/C83H128N14O23S/c1-4-60-67(99)48-59(55-21-22-55)75(104)91-61(25-20-54-13-6-5-7-14-54)76(105)85-29-10-17-63(89-69(100)28-32-114-34-36-116-38-40-118-42-44-120-46-45-119-43-41-117-39-37-115-35-33-113-31-12-16-58(98)15-8-9-19-68-74-65(51-121-68)93-83(112)96-74)82(111)97-30-11-18-66(97)79(108)95-73(56-23-24-56)81(110)92-64(47-57-49-84-52-87-57)78(107)94-72(53(2)3)80(109)86-50-70(101)88-62(77(106)90-60)26-27-71(102)103/h5-7,13-14,49,52-53,55-56,59-66,68,72-74H,4,8-12,15-48,50-51H2,1-3H3,(H,84,87)(H,85,105)(H,86,109)(H,88,101)(H,89,100)(H,90,106)(H,91,104)(H,92,110)(H,94,107)(H,95,108)(H,102,103)(H2,93,96,112)/t59-,60-,61-,62-,63-,64-,65-,66+,68-,72-,73-,74-/m0/s1. The van der Waals surface area contributed by atoms with Gasteiger partial charge in [0, 0.05) is 87.0 Å². The van der Waals surface area contributed by atoms with Crippen LogP contribution < -0.4 is 58.5 Å². The summed E-state index contributed by atoms with van der Waals surface area (Å²) in [5.74, 6) is -9.83. The molecule has 38 heteroatoms. The summed E-state index contributed by atoms with van der Waals surface area (Å²) in [5, 5.41) is 40.6. The Labute approximate surface area is 711 Å². The molecule has 0 unspecified atom stereocenters. The molecular formula is C83H128N14O23S. The number of nitrogens with one attached hydrogen (secondary N) is 12. The second-order valence-corrected chi connectivity index (χ2v) is 33.0. The van der Waals surface area contributed by atoms with Gasteiger partial charge in [0.1, 0.15) is 48.1 Å². The first kappa shape index (κ1) is 97.7. The number of nitrogens with zero attached hydrogens (tertiary/aromatic N) is 2. The molecule has 4 aliphatic heterocycles. The van der Waals surface area contributed by atoms with Gasteiger partial charge in [-0.25, -0.2) is 9.78 Å². The maximum atomic E-state index is 15.0. The molecule has 37 nitrogen and oxygen atoms in total. The number of thioether (sulfide) groups is 1. The minimum atomic E-state index is -1.51. The van der Waals surface area contributed by atoms with Crippen molar-refractivity contribution in [1.29, 1.82) is 0 Å². The molecule has 13 N–H and O–H groups in total. The van der Waals surface area contributed by atoms with E-state index >= 15 is 0 Å². The number of hydrogen-bond acceptors (Lipinski definition) is 24. The summed E-state index contributed by atoms with van der Waals surface area (Å²) in [7, 11) is 0. The van der Waals surface area contributed by atoms with Gasteiger partial charge in [-0.3, -0.25) is 62.3 Å². The van der Waals surface area contributed by atoms with Crippen molar-refractivity contribution in [2.45, 2.75) is 228 Å². The van der Waals surface area contributed by atoms with E-state index in [9.17, 15) is 72.2 Å². The van der Waals surface area contributed by atoms with Crippen LogP contribution in [0.2, 0.25) is 0 Å². The van der Waals surface area contributed by atoms with Crippen LogP contribution in [0.15, 0.2) is 42.9 Å². The second kappa shape index (κ2) is 54.0. The molecule has 12 atom stereocenters. The van der Waals surface area contributed by atoms with Crippen molar-refractivity contribution in [1.82, 2.24) is 73.4 Å². The van der Waals surface area contributed by atoms with Crippen molar-refractivity contribution >= 4 is 94.4 Å². The van der Waals surface area contributed by atoms with Crippen LogP contribution in [0.4, 0.5) is 4.79 Å². The molecule has 6 aliphatic rings. The number of aromatic amines is 1. The zero-order valence-electron chi connectivity index (χ0n) is 70.1. The second-order valence-electron chi connectivity index (χ2n) is 31.7. The van der Waals surface area contributed by atoms with Crippen LogP contribution in [0, 0.1) is 23.7 Å². The van der Waals surface area contributed by atoms with Crippen LogP contribution in [-0.4, -0.2) is 299 Å². The number of rotatable bonds is 46. The number of imidazole rings is 1. The molecule has 12 amide bonds. The van der Waals surface area contributed by atoms with Gasteiger partial charge >= 0.3 is 12.0 Å². The molecule has 1 aromatic heterocycles. The van der Waals surface area contributed by atoms with Crippen LogP contribution >= 0.6 is 11.8 Å². The van der Waals surface area contributed by atoms with Crippen molar-refractivity contribution in [3.63, 3.8) is 0 Å². The van der Waals surface area contributed by atoms with Gasteiger partial charge < -0.3 is 111 Å². The quantitative estimate of drug-likeness (QED) is 0.0324. The summed E-state index contributed by atoms with van der Waals surface area (Å²) in [6.07, 6.45) is 9.31. The zero-order chi connectivity index (χ0) is 86.7. The Balaban J connectivity index is 0.786. The molecule has 0 spiro atoms. The highest BCUT2D eigenvalue weighted by Crippen LogP contribution is 2.40. The van der Waals surface area contributed by atoms with E-state index in [1.807, 2.05) is 42.1 Å². The summed E-state index contributed by atoms with van der Waals surface area (Å²) in [4.78, 5) is 201. The number of ketones is 2. The number of unbranched alkanes of at least 4 members (excludes halogenated alkanes) is 1. The summed E-state index contributed by atoms with van der Waals surface area (Å²) in [6.45, 7) is 9.51. The number of Topliss-reactive ketones (excluding diaryl/α,β-unsaturated/α-hetero) is 2. The number of aryl methyl sites for hydroxylation is 1. The smallest absolute Gasteiger partial charge is 0.315 e. The molecule has 2 saturated carbocycles. The van der Waals surface area contributed by atoms with Gasteiger partial charge in [-0.1, -0.05) is 57.5 Å². The molecular weight excluding hydrogens is 1590 g/mol. The van der Waals surface area contributed by atoms with E-state index in [-0.39, 0.29) is 127 Å². The van der Waals surface area contributed by atoms with E-state index in [4.69, 9.17) is 37.9 Å². The number of fused-ring (bicyclic) bond motifs is 2. The highest BCUT2D eigenvalue weighted by molar-refractivity contribution is 8.00. The summed E-state index contributed by atoms with van der Waals surface area (Å²) in [6, 6.07) is -0.370. The lowest BCUT2D eigenvalue weighted by atomic mass is 9.91. The molecule has 4 saturated heterocycles. The minimum Gasteiger partial charge on any atom is -0.481 e. The first-order valence-electron chi connectivity index (χ1n) is 43.1. The summed E-state index contributed by atoms with van der Waals surface area (Å²) in [5.41, 5.74) is 1.31. The van der Waals surface area contributed by atoms with E-state index in [2.05, 4.69) is 68.5 Å². The highest BCUT2D eigenvalue weighted by Gasteiger charge is 2.46. The van der Waals surface area contributed by atoms with Crippen LogP contribution in [0.1, 0.15) is 160 Å². The van der Waals surface area contributed by atoms with Gasteiger partial charge in [0.05, 0.1) is 130 Å². The van der Waals surface area contributed by atoms with Crippen molar-refractivity contribution in [3.05, 3.63) is 54.1 Å².